The quantitative estimate of drug-likeness (QED) is 0.386. The fourth-order valence-electron chi connectivity index (χ4n) is 3.63. The summed E-state index contributed by atoms with van der Waals surface area (Å²) < 4.78 is 2.21. The summed E-state index contributed by atoms with van der Waals surface area (Å²) in [6.07, 6.45) is 5.43. The SMILES string of the molecule is CN=C(NCCCn1cnc2ccccc21)NCC1(c2ccccc2)CC1. The number of aryl methyl sites for hydroxylation is 1. The Morgan fingerprint density at radius 1 is 1.07 bits per heavy atom. The maximum absolute atomic E-state index is 4.45. The molecule has 0 radical (unpaired) electrons. The Labute approximate surface area is 160 Å². The molecule has 1 aliphatic rings. The minimum atomic E-state index is 0.286. The highest BCUT2D eigenvalue weighted by Gasteiger charge is 2.43. The van der Waals surface area contributed by atoms with Gasteiger partial charge in [-0.2, -0.15) is 0 Å². The predicted molar refractivity (Wildman–Crippen MR) is 111 cm³/mol. The molecule has 1 fully saturated rings. The number of nitrogens with one attached hydrogen (secondary N) is 2. The zero-order chi connectivity index (χ0) is 18.5. The first-order chi connectivity index (χ1) is 13.3. The van der Waals surface area contributed by atoms with Gasteiger partial charge in [-0.1, -0.05) is 42.5 Å². The van der Waals surface area contributed by atoms with E-state index in [0.717, 1.165) is 37.5 Å². The number of para-hydroxylation sites is 2. The molecule has 0 amide bonds. The van der Waals surface area contributed by atoms with E-state index in [4.69, 9.17) is 0 Å². The van der Waals surface area contributed by atoms with Crippen LogP contribution in [-0.4, -0.2) is 35.6 Å². The fraction of sp³-hybridized carbons (Fsp3) is 0.364. The number of aromatic nitrogens is 2. The maximum atomic E-state index is 4.45. The monoisotopic (exact) mass is 361 g/mol. The van der Waals surface area contributed by atoms with Crippen molar-refractivity contribution in [2.45, 2.75) is 31.2 Å². The number of guanidine groups is 1. The van der Waals surface area contributed by atoms with Gasteiger partial charge in [0.25, 0.3) is 0 Å². The molecule has 3 aromatic rings. The van der Waals surface area contributed by atoms with Crippen molar-refractivity contribution >= 4 is 17.0 Å². The fourth-order valence-corrected chi connectivity index (χ4v) is 3.63. The van der Waals surface area contributed by atoms with Crippen LogP contribution in [0.3, 0.4) is 0 Å². The number of benzene rings is 2. The number of rotatable bonds is 7. The average Bonchev–Trinajstić information content (AvgIpc) is 3.41. The molecule has 0 atom stereocenters. The Balaban J connectivity index is 1.24. The third-order valence-electron chi connectivity index (χ3n) is 5.45. The Morgan fingerprint density at radius 3 is 2.63 bits per heavy atom. The molecule has 27 heavy (non-hydrogen) atoms. The van der Waals surface area contributed by atoms with Gasteiger partial charge in [-0.3, -0.25) is 4.99 Å². The van der Waals surface area contributed by atoms with Gasteiger partial charge in [0.05, 0.1) is 17.4 Å². The van der Waals surface area contributed by atoms with Crippen LogP contribution in [0, 0.1) is 0 Å². The van der Waals surface area contributed by atoms with E-state index in [2.05, 4.69) is 73.7 Å². The molecule has 140 valence electrons. The minimum Gasteiger partial charge on any atom is -0.356 e. The van der Waals surface area contributed by atoms with Crippen LogP contribution >= 0.6 is 0 Å². The van der Waals surface area contributed by atoms with Crippen LogP contribution in [0.5, 0.6) is 0 Å². The number of hydrogen-bond donors (Lipinski definition) is 2. The Bertz CT molecular complexity index is 909. The first-order valence-corrected chi connectivity index (χ1v) is 9.71. The molecule has 0 bridgehead atoms. The van der Waals surface area contributed by atoms with Gasteiger partial charge < -0.3 is 15.2 Å². The number of hydrogen-bond acceptors (Lipinski definition) is 2. The predicted octanol–water partition coefficient (Wildman–Crippen LogP) is 3.32. The Hall–Kier alpha value is -2.82. The lowest BCUT2D eigenvalue weighted by molar-refractivity contribution is 0.619. The molecule has 4 rings (SSSR count). The van der Waals surface area contributed by atoms with Crippen LogP contribution in [0.2, 0.25) is 0 Å². The van der Waals surface area contributed by atoms with E-state index < -0.39 is 0 Å². The normalized spacial score (nSPS) is 15.7. The molecular formula is C22H27N5. The third-order valence-corrected chi connectivity index (χ3v) is 5.45. The van der Waals surface area contributed by atoms with E-state index in [1.54, 1.807) is 0 Å². The van der Waals surface area contributed by atoms with E-state index in [0.29, 0.717) is 0 Å². The Kier molecular flexibility index (Phi) is 5.10. The second kappa shape index (κ2) is 7.82. The van der Waals surface area contributed by atoms with Gasteiger partial charge in [0, 0.05) is 32.1 Å². The average molecular weight is 361 g/mol. The molecule has 5 heteroatoms. The largest absolute Gasteiger partial charge is 0.356 e. The molecule has 2 N–H and O–H groups in total. The topological polar surface area (TPSA) is 54.2 Å². The number of imidazole rings is 1. The van der Waals surface area contributed by atoms with Gasteiger partial charge in [-0.15, -0.1) is 0 Å². The molecule has 1 heterocycles. The summed E-state index contributed by atoms with van der Waals surface area (Å²) in [5, 5.41) is 6.95. The summed E-state index contributed by atoms with van der Waals surface area (Å²) in [7, 11) is 1.83. The minimum absolute atomic E-state index is 0.286. The summed E-state index contributed by atoms with van der Waals surface area (Å²) in [6.45, 7) is 2.76. The summed E-state index contributed by atoms with van der Waals surface area (Å²) in [5.74, 6) is 0.882. The molecule has 5 nitrogen and oxygen atoms in total. The highest BCUT2D eigenvalue weighted by atomic mass is 15.2. The summed E-state index contributed by atoms with van der Waals surface area (Å²) in [4.78, 5) is 8.82. The van der Waals surface area contributed by atoms with Crippen molar-refractivity contribution in [3.8, 4) is 0 Å². The first-order valence-electron chi connectivity index (χ1n) is 9.71. The highest BCUT2D eigenvalue weighted by Crippen LogP contribution is 2.47. The van der Waals surface area contributed by atoms with Crippen LogP contribution in [0.1, 0.15) is 24.8 Å². The van der Waals surface area contributed by atoms with Gasteiger partial charge in [0.15, 0.2) is 5.96 Å². The summed E-state index contributed by atoms with van der Waals surface area (Å²) in [5.41, 5.74) is 3.96. The second-order valence-electron chi connectivity index (χ2n) is 7.28. The molecule has 1 saturated carbocycles. The molecular weight excluding hydrogens is 334 g/mol. The zero-order valence-electron chi connectivity index (χ0n) is 15.9. The second-order valence-corrected chi connectivity index (χ2v) is 7.28. The van der Waals surface area contributed by atoms with E-state index in [1.165, 1.54) is 23.9 Å². The van der Waals surface area contributed by atoms with Crippen molar-refractivity contribution in [2.24, 2.45) is 4.99 Å². The van der Waals surface area contributed by atoms with E-state index in [1.807, 2.05) is 19.4 Å². The number of aliphatic imine (C=N–C) groups is 1. The van der Waals surface area contributed by atoms with Crippen LogP contribution < -0.4 is 10.6 Å². The van der Waals surface area contributed by atoms with Crippen LogP contribution in [-0.2, 0) is 12.0 Å². The molecule has 0 spiro atoms. The number of fused-ring (bicyclic) bond motifs is 1. The third kappa shape index (κ3) is 3.97. The van der Waals surface area contributed by atoms with Crippen molar-refractivity contribution < 1.29 is 0 Å². The molecule has 0 aliphatic heterocycles. The Morgan fingerprint density at radius 2 is 1.85 bits per heavy atom. The molecule has 2 aromatic carbocycles. The number of nitrogens with zero attached hydrogens (tertiary/aromatic N) is 3. The van der Waals surface area contributed by atoms with E-state index >= 15 is 0 Å². The van der Waals surface area contributed by atoms with Crippen LogP contribution in [0.25, 0.3) is 11.0 Å². The van der Waals surface area contributed by atoms with Gasteiger partial charge >= 0.3 is 0 Å². The lowest BCUT2D eigenvalue weighted by atomic mass is 9.96. The summed E-state index contributed by atoms with van der Waals surface area (Å²) in [6, 6.07) is 19.1. The lowest BCUT2D eigenvalue weighted by Gasteiger charge is -2.19. The van der Waals surface area contributed by atoms with Gasteiger partial charge in [-0.05, 0) is 37.0 Å². The van der Waals surface area contributed by atoms with Crippen molar-refractivity contribution in [1.29, 1.82) is 0 Å². The van der Waals surface area contributed by atoms with E-state index in [-0.39, 0.29) is 5.41 Å². The summed E-state index contributed by atoms with van der Waals surface area (Å²) >= 11 is 0. The molecule has 1 aromatic heterocycles. The van der Waals surface area contributed by atoms with E-state index in [9.17, 15) is 0 Å². The van der Waals surface area contributed by atoms with Gasteiger partial charge in [-0.25, -0.2) is 4.98 Å². The van der Waals surface area contributed by atoms with Gasteiger partial charge in [0.2, 0.25) is 0 Å². The standard InChI is InChI=1S/C22H27N5/c1-23-21(25-16-22(12-13-22)18-8-3-2-4-9-18)24-14-7-15-27-17-26-19-10-5-6-11-20(19)27/h2-6,8-11,17H,7,12-16H2,1H3,(H2,23,24,25). The molecule has 0 saturated heterocycles. The van der Waals surface area contributed by atoms with Crippen LogP contribution in [0.15, 0.2) is 65.9 Å². The lowest BCUT2D eigenvalue weighted by Crippen LogP contribution is -2.41. The van der Waals surface area contributed by atoms with Crippen molar-refractivity contribution in [1.82, 2.24) is 20.2 Å². The molecule has 0 unspecified atom stereocenters. The van der Waals surface area contributed by atoms with Gasteiger partial charge in [0.1, 0.15) is 0 Å². The maximum Gasteiger partial charge on any atom is 0.191 e. The van der Waals surface area contributed by atoms with Crippen molar-refractivity contribution in [3.63, 3.8) is 0 Å². The highest BCUT2D eigenvalue weighted by molar-refractivity contribution is 5.79. The van der Waals surface area contributed by atoms with Crippen LogP contribution in [0.4, 0.5) is 0 Å². The van der Waals surface area contributed by atoms with Crippen molar-refractivity contribution in [3.05, 3.63) is 66.5 Å². The molecule has 1 aliphatic carbocycles. The first kappa shape index (κ1) is 17.6. The van der Waals surface area contributed by atoms with Crippen molar-refractivity contribution in [2.75, 3.05) is 20.1 Å². The smallest absolute Gasteiger partial charge is 0.191 e. The zero-order valence-corrected chi connectivity index (χ0v) is 15.9.